The summed E-state index contributed by atoms with van der Waals surface area (Å²) in [6, 6.07) is 11.8. The van der Waals surface area contributed by atoms with Crippen LogP contribution in [0.1, 0.15) is 6.42 Å². The Bertz CT molecular complexity index is 946. The van der Waals surface area contributed by atoms with E-state index in [-0.39, 0.29) is 23.6 Å². The van der Waals surface area contributed by atoms with Crippen LogP contribution in [0.25, 0.3) is 0 Å². The molecule has 0 aliphatic carbocycles. The Balaban J connectivity index is 1.89. The van der Waals surface area contributed by atoms with Crippen molar-refractivity contribution >= 4 is 16.0 Å². The van der Waals surface area contributed by atoms with Crippen LogP contribution in [0.5, 0.6) is 17.2 Å². The van der Waals surface area contributed by atoms with Crippen LogP contribution in [0.2, 0.25) is 0 Å². The number of sulfonamides is 1. The van der Waals surface area contributed by atoms with Crippen LogP contribution in [0.3, 0.4) is 0 Å². The van der Waals surface area contributed by atoms with Crippen molar-refractivity contribution in [1.82, 2.24) is 4.31 Å². The van der Waals surface area contributed by atoms with Crippen LogP contribution >= 0.6 is 0 Å². The van der Waals surface area contributed by atoms with Crippen LogP contribution in [-0.4, -0.2) is 56.7 Å². The lowest BCUT2D eigenvalue weighted by molar-refractivity contribution is -0.140. The number of rotatable bonds is 7. The van der Waals surface area contributed by atoms with Crippen LogP contribution in [0, 0.1) is 0 Å². The van der Waals surface area contributed by atoms with Gasteiger partial charge in [0.25, 0.3) is 0 Å². The first-order valence-corrected chi connectivity index (χ1v) is 9.99. The average Bonchev–Trinajstić information content (AvgIpc) is 3.13. The number of carboxylic acids is 1. The predicted octanol–water partition coefficient (Wildman–Crippen LogP) is 2.00. The van der Waals surface area contributed by atoms with Crippen molar-refractivity contribution in [1.29, 1.82) is 0 Å². The van der Waals surface area contributed by atoms with Gasteiger partial charge in [-0.2, -0.15) is 4.31 Å². The van der Waals surface area contributed by atoms with Crippen molar-refractivity contribution in [2.24, 2.45) is 0 Å². The van der Waals surface area contributed by atoms with Gasteiger partial charge < -0.3 is 19.3 Å². The predicted molar refractivity (Wildman–Crippen MR) is 100 cm³/mol. The highest BCUT2D eigenvalue weighted by atomic mass is 32.2. The maximum absolute atomic E-state index is 13.1. The highest BCUT2D eigenvalue weighted by molar-refractivity contribution is 7.89. The second kappa shape index (κ2) is 8.07. The smallest absolute Gasteiger partial charge is 0.322 e. The fourth-order valence-corrected chi connectivity index (χ4v) is 4.79. The van der Waals surface area contributed by atoms with Gasteiger partial charge in [-0.1, -0.05) is 18.2 Å². The molecule has 1 heterocycles. The fraction of sp³-hybridized carbons (Fsp3) is 0.316. The molecule has 0 spiro atoms. The molecule has 28 heavy (non-hydrogen) atoms. The summed E-state index contributed by atoms with van der Waals surface area (Å²) in [4.78, 5) is 11.6. The van der Waals surface area contributed by atoms with E-state index in [1.54, 1.807) is 24.3 Å². The zero-order chi connectivity index (χ0) is 20.3. The van der Waals surface area contributed by atoms with Gasteiger partial charge in [-0.25, -0.2) is 8.42 Å². The Kier molecular flexibility index (Phi) is 5.76. The molecule has 1 N–H and O–H groups in total. The minimum Gasteiger partial charge on any atom is -0.493 e. The molecule has 0 amide bonds. The summed E-state index contributed by atoms with van der Waals surface area (Å²) >= 11 is 0. The third-order valence-electron chi connectivity index (χ3n) is 4.51. The summed E-state index contributed by atoms with van der Waals surface area (Å²) < 4.78 is 43.3. The summed E-state index contributed by atoms with van der Waals surface area (Å²) in [6.07, 6.45) is -0.519. The highest BCUT2D eigenvalue weighted by Gasteiger charge is 2.45. The molecule has 8 nitrogen and oxygen atoms in total. The Morgan fingerprint density at radius 1 is 1.07 bits per heavy atom. The molecule has 2 aromatic rings. The molecule has 1 aliphatic rings. The molecule has 0 bridgehead atoms. The molecular weight excluding hydrogens is 386 g/mol. The van der Waals surface area contributed by atoms with Crippen molar-refractivity contribution in [2.75, 3.05) is 20.8 Å². The maximum atomic E-state index is 13.1. The van der Waals surface area contributed by atoms with Gasteiger partial charge in [0.15, 0.2) is 11.5 Å². The van der Waals surface area contributed by atoms with Crippen LogP contribution in [0.4, 0.5) is 0 Å². The largest absolute Gasteiger partial charge is 0.493 e. The Morgan fingerprint density at radius 3 is 2.36 bits per heavy atom. The first-order chi connectivity index (χ1) is 13.4. The van der Waals surface area contributed by atoms with Gasteiger partial charge in [-0.05, 0) is 24.3 Å². The number of ether oxygens (including phenoxy) is 3. The molecule has 2 aromatic carbocycles. The summed E-state index contributed by atoms with van der Waals surface area (Å²) in [6.45, 7) is -0.0669. The van der Waals surface area contributed by atoms with Gasteiger partial charge in [0.05, 0.1) is 25.7 Å². The third-order valence-corrected chi connectivity index (χ3v) is 6.38. The standard InChI is InChI=1S/C19H21NO7S/c1-25-17-9-8-15(11-18(17)26-2)28(23,24)20-12-14(10-16(20)19(21)22)27-13-6-4-3-5-7-13/h3-9,11,14,16H,10,12H2,1-2H3,(H,21,22)/t14-,16-/m0/s1. The monoisotopic (exact) mass is 407 g/mol. The summed E-state index contributed by atoms with van der Waals surface area (Å²) in [7, 11) is -1.24. The summed E-state index contributed by atoms with van der Waals surface area (Å²) in [5.41, 5.74) is 0. The molecule has 0 saturated carbocycles. The van der Waals surface area contributed by atoms with E-state index in [4.69, 9.17) is 14.2 Å². The van der Waals surface area contributed by atoms with Crippen molar-refractivity contribution in [3.8, 4) is 17.2 Å². The minimum atomic E-state index is -4.08. The third kappa shape index (κ3) is 3.90. The first-order valence-electron chi connectivity index (χ1n) is 8.55. The Labute approximate surface area is 163 Å². The zero-order valence-corrected chi connectivity index (χ0v) is 16.3. The van der Waals surface area contributed by atoms with Gasteiger partial charge in [-0.3, -0.25) is 4.79 Å². The topological polar surface area (TPSA) is 102 Å². The van der Waals surface area contributed by atoms with Crippen molar-refractivity contribution in [2.45, 2.75) is 23.5 Å². The van der Waals surface area contributed by atoms with E-state index in [2.05, 4.69) is 0 Å². The van der Waals surface area contributed by atoms with Crippen molar-refractivity contribution in [3.63, 3.8) is 0 Å². The molecule has 1 aliphatic heterocycles. The maximum Gasteiger partial charge on any atom is 0.322 e. The number of benzene rings is 2. The Morgan fingerprint density at radius 2 is 1.75 bits per heavy atom. The number of para-hydroxylation sites is 1. The highest BCUT2D eigenvalue weighted by Crippen LogP contribution is 2.34. The number of methoxy groups -OCH3 is 2. The molecule has 1 fully saturated rings. The van der Waals surface area contributed by atoms with E-state index in [0.29, 0.717) is 11.5 Å². The average molecular weight is 407 g/mol. The molecule has 2 atom stereocenters. The lowest BCUT2D eigenvalue weighted by atomic mass is 10.2. The molecule has 0 aromatic heterocycles. The van der Waals surface area contributed by atoms with E-state index in [0.717, 1.165) is 4.31 Å². The lowest BCUT2D eigenvalue weighted by Gasteiger charge is -2.21. The van der Waals surface area contributed by atoms with E-state index < -0.39 is 28.1 Å². The van der Waals surface area contributed by atoms with Crippen LogP contribution in [0.15, 0.2) is 53.4 Å². The van der Waals surface area contributed by atoms with Crippen molar-refractivity contribution < 1.29 is 32.5 Å². The zero-order valence-electron chi connectivity index (χ0n) is 15.4. The molecule has 0 radical (unpaired) electrons. The summed E-state index contributed by atoms with van der Waals surface area (Å²) in [5.74, 6) is -0.0418. The first kappa shape index (κ1) is 20.0. The van der Waals surface area contributed by atoms with E-state index >= 15 is 0 Å². The number of nitrogens with zero attached hydrogens (tertiary/aromatic N) is 1. The van der Waals surface area contributed by atoms with Gasteiger partial charge in [0.1, 0.15) is 17.9 Å². The number of carboxylic acid groups (broad SMARTS) is 1. The molecular formula is C19H21NO7S. The van der Waals surface area contributed by atoms with E-state index in [9.17, 15) is 18.3 Å². The van der Waals surface area contributed by atoms with Gasteiger partial charge in [0.2, 0.25) is 10.0 Å². The van der Waals surface area contributed by atoms with Crippen LogP contribution in [-0.2, 0) is 14.8 Å². The van der Waals surface area contributed by atoms with Gasteiger partial charge in [0, 0.05) is 12.5 Å². The lowest BCUT2D eigenvalue weighted by Crippen LogP contribution is -2.40. The quantitative estimate of drug-likeness (QED) is 0.749. The number of hydrogen-bond acceptors (Lipinski definition) is 6. The number of hydrogen-bond donors (Lipinski definition) is 1. The molecule has 150 valence electrons. The second-order valence-electron chi connectivity index (χ2n) is 6.23. The number of carbonyl (C=O) groups is 1. The normalized spacial score (nSPS) is 19.9. The Hall–Kier alpha value is -2.78. The molecule has 3 rings (SSSR count). The van der Waals surface area contributed by atoms with Gasteiger partial charge >= 0.3 is 5.97 Å². The fourth-order valence-electron chi connectivity index (χ4n) is 3.15. The molecule has 9 heteroatoms. The second-order valence-corrected chi connectivity index (χ2v) is 8.12. The molecule has 1 saturated heterocycles. The number of aliphatic carboxylic acids is 1. The van der Waals surface area contributed by atoms with Crippen molar-refractivity contribution in [3.05, 3.63) is 48.5 Å². The van der Waals surface area contributed by atoms with Crippen LogP contribution < -0.4 is 14.2 Å². The van der Waals surface area contributed by atoms with Gasteiger partial charge in [-0.15, -0.1) is 0 Å². The summed E-state index contributed by atoms with van der Waals surface area (Å²) in [5, 5.41) is 9.55. The minimum absolute atomic E-state index is 0.0523. The SMILES string of the molecule is COc1ccc(S(=O)(=O)N2C[C@@H](Oc3ccccc3)C[C@H]2C(=O)O)cc1OC. The van der Waals surface area contributed by atoms with E-state index in [1.165, 1.54) is 32.4 Å². The molecule has 0 unspecified atom stereocenters. The van der Waals surface area contributed by atoms with E-state index in [1.807, 2.05) is 6.07 Å².